The molecule has 1 amide bonds. The van der Waals surface area contributed by atoms with Gasteiger partial charge in [-0.25, -0.2) is 0 Å². The number of hydrogen-bond acceptors (Lipinski definition) is 4. The maximum Gasteiger partial charge on any atom is 0.220 e. The zero-order valence-corrected chi connectivity index (χ0v) is 12.7. The summed E-state index contributed by atoms with van der Waals surface area (Å²) in [6, 6.07) is 3.92. The van der Waals surface area contributed by atoms with Crippen LogP contribution in [-0.2, 0) is 18.3 Å². The molecular formula is C15H21N5O. The van der Waals surface area contributed by atoms with Crippen LogP contribution >= 0.6 is 0 Å². The molecule has 0 aliphatic carbocycles. The van der Waals surface area contributed by atoms with Gasteiger partial charge in [-0.1, -0.05) is 6.92 Å². The molecule has 0 aliphatic rings. The van der Waals surface area contributed by atoms with Crippen LogP contribution in [0.5, 0.6) is 0 Å². The standard InChI is InChI=1S/C15H21N5O/c1-4-12(13-9-11(2)7-8-16-13)18-15(21)6-5-14-19-17-10-20(14)3/h7-10,12H,4-6H2,1-3H3,(H,18,21)/t12-/m0/s1. The molecule has 0 spiro atoms. The maximum atomic E-state index is 12.1. The highest BCUT2D eigenvalue weighted by Gasteiger charge is 2.14. The molecule has 0 aromatic carbocycles. The third kappa shape index (κ3) is 4.11. The molecular weight excluding hydrogens is 266 g/mol. The van der Waals surface area contributed by atoms with Crippen molar-refractivity contribution in [3.63, 3.8) is 0 Å². The van der Waals surface area contributed by atoms with Crippen molar-refractivity contribution in [1.29, 1.82) is 0 Å². The quantitative estimate of drug-likeness (QED) is 0.878. The van der Waals surface area contributed by atoms with Gasteiger partial charge in [0.25, 0.3) is 0 Å². The summed E-state index contributed by atoms with van der Waals surface area (Å²) in [4.78, 5) is 16.4. The number of pyridine rings is 1. The Kier molecular flexibility index (Phi) is 5.03. The summed E-state index contributed by atoms with van der Waals surface area (Å²) < 4.78 is 1.83. The van der Waals surface area contributed by atoms with E-state index in [-0.39, 0.29) is 11.9 Å². The van der Waals surface area contributed by atoms with Crippen molar-refractivity contribution in [2.24, 2.45) is 7.05 Å². The van der Waals surface area contributed by atoms with Crippen molar-refractivity contribution < 1.29 is 4.79 Å². The van der Waals surface area contributed by atoms with E-state index in [0.29, 0.717) is 12.8 Å². The van der Waals surface area contributed by atoms with E-state index in [1.165, 1.54) is 0 Å². The lowest BCUT2D eigenvalue weighted by atomic mass is 10.1. The summed E-state index contributed by atoms with van der Waals surface area (Å²) >= 11 is 0. The van der Waals surface area contributed by atoms with Gasteiger partial charge in [0.1, 0.15) is 12.2 Å². The molecule has 2 aromatic heterocycles. The second kappa shape index (κ2) is 6.97. The van der Waals surface area contributed by atoms with Gasteiger partial charge < -0.3 is 9.88 Å². The van der Waals surface area contributed by atoms with Crippen molar-refractivity contribution in [3.8, 4) is 0 Å². The monoisotopic (exact) mass is 287 g/mol. The van der Waals surface area contributed by atoms with Crippen molar-refractivity contribution in [3.05, 3.63) is 41.7 Å². The second-order valence-electron chi connectivity index (χ2n) is 5.14. The minimum atomic E-state index is -0.0445. The third-order valence-corrected chi connectivity index (χ3v) is 3.42. The van der Waals surface area contributed by atoms with Crippen LogP contribution in [0.25, 0.3) is 0 Å². The second-order valence-corrected chi connectivity index (χ2v) is 5.14. The molecule has 0 aliphatic heterocycles. The largest absolute Gasteiger partial charge is 0.348 e. The van der Waals surface area contributed by atoms with Gasteiger partial charge in [-0.3, -0.25) is 9.78 Å². The van der Waals surface area contributed by atoms with E-state index >= 15 is 0 Å². The fraction of sp³-hybridized carbons (Fsp3) is 0.467. The Balaban J connectivity index is 1.92. The van der Waals surface area contributed by atoms with Crippen LogP contribution in [0.4, 0.5) is 0 Å². The predicted molar refractivity (Wildman–Crippen MR) is 79.5 cm³/mol. The molecule has 0 radical (unpaired) electrons. The highest BCUT2D eigenvalue weighted by Crippen LogP contribution is 2.15. The van der Waals surface area contributed by atoms with E-state index in [1.807, 2.05) is 37.6 Å². The number of aromatic nitrogens is 4. The smallest absolute Gasteiger partial charge is 0.220 e. The van der Waals surface area contributed by atoms with Crippen LogP contribution in [0.1, 0.15) is 42.9 Å². The molecule has 0 saturated heterocycles. The van der Waals surface area contributed by atoms with E-state index < -0.39 is 0 Å². The number of carbonyl (C=O) groups is 1. The first-order valence-corrected chi connectivity index (χ1v) is 7.15. The summed E-state index contributed by atoms with van der Waals surface area (Å²) in [5, 5.41) is 10.8. The Bertz CT molecular complexity index is 608. The molecule has 0 bridgehead atoms. The van der Waals surface area contributed by atoms with E-state index in [1.54, 1.807) is 12.5 Å². The van der Waals surface area contributed by atoms with Crippen LogP contribution in [0.15, 0.2) is 24.7 Å². The van der Waals surface area contributed by atoms with Gasteiger partial charge in [-0.2, -0.15) is 0 Å². The van der Waals surface area contributed by atoms with E-state index in [2.05, 4.69) is 20.5 Å². The van der Waals surface area contributed by atoms with Crippen molar-refractivity contribution in [2.45, 2.75) is 39.2 Å². The number of nitrogens with zero attached hydrogens (tertiary/aromatic N) is 4. The Hall–Kier alpha value is -2.24. The molecule has 21 heavy (non-hydrogen) atoms. The van der Waals surface area contributed by atoms with Crippen LogP contribution in [0, 0.1) is 6.92 Å². The molecule has 2 heterocycles. The SMILES string of the molecule is CC[C@H](NC(=O)CCc1nncn1C)c1cc(C)ccn1. The lowest BCUT2D eigenvalue weighted by Crippen LogP contribution is -2.29. The molecule has 0 fully saturated rings. The lowest BCUT2D eigenvalue weighted by Gasteiger charge is -2.16. The topological polar surface area (TPSA) is 72.7 Å². The van der Waals surface area contributed by atoms with E-state index in [0.717, 1.165) is 23.5 Å². The summed E-state index contributed by atoms with van der Waals surface area (Å²) in [6.07, 6.45) is 5.21. The fourth-order valence-electron chi connectivity index (χ4n) is 2.16. The van der Waals surface area contributed by atoms with Crippen molar-refractivity contribution >= 4 is 5.91 Å². The van der Waals surface area contributed by atoms with Gasteiger partial charge in [0.05, 0.1) is 11.7 Å². The third-order valence-electron chi connectivity index (χ3n) is 3.42. The molecule has 0 saturated carbocycles. The van der Waals surface area contributed by atoms with Crippen molar-refractivity contribution in [1.82, 2.24) is 25.1 Å². The zero-order valence-electron chi connectivity index (χ0n) is 12.7. The number of rotatable bonds is 6. The van der Waals surface area contributed by atoms with Gasteiger partial charge in [0, 0.05) is 26.1 Å². The molecule has 2 rings (SSSR count). The molecule has 1 N–H and O–H groups in total. The Labute approximate surface area is 124 Å². The molecule has 0 unspecified atom stereocenters. The van der Waals surface area contributed by atoms with Crippen molar-refractivity contribution in [2.75, 3.05) is 0 Å². The zero-order chi connectivity index (χ0) is 15.2. The summed E-state index contributed by atoms with van der Waals surface area (Å²) in [5.41, 5.74) is 2.05. The first-order valence-electron chi connectivity index (χ1n) is 7.15. The first kappa shape index (κ1) is 15.2. The normalized spacial score (nSPS) is 12.1. The number of nitrogens with one attached hydrogen (secondary N) is 1. The number of amides is 1. The molecule has 1 atom stereocenters. The van der Waals surface area contributed by atoms with Gasteiger partial charge in [0.15, 0.2) is 0 Å². The summed E-state index contributed by atoms with van der Waals surface area (Å²) in [5.74, 6) is 0.819. The molecule has 112 valence electrons. The lowest BCUT2D eigenvalue weighted by molar-refractivity contribution is -0.121. The van der Waals surface area contributed by atoms with Crippen LogP contribution in [0.2, 0.25) is 0 Å². The van der Waals surface area contributed by atoms with Crippen LogP contribution < -0.4 is 5.32 Å². The fourth-order valence-corrected chi connectivity index (χ4v) is 2.16. The first-order chi connectivity index (χ1) is 10.1. The van der Waals surface area contributed by atoms with Gasteiger partial charge in [-0.05, 0) is 31.0 Å². The molecule has 6 nitrogen and oxygen atoms in total. The maximum absolute atomic E-state index is 12.1. The van der Waals surface area contributed by atoms with Gasteiger partial charge >= 0.3 is 0 Å². The molecule has 2 aromatic rings. The number of aryl methyl sites for hydroxylation is 3. The predicted octanol–water partition coefficient (Wildman–Crippen LogP) is 1.72. The molecule has 6 heteroatoms. The minimum absolute atomic E-state index is 0.00755. The number of hydrogen-bond donors (Lipinski definition) is 1. The average Bonchev–Trinajstić information content (AvgIpc) is 2.88. The highest BCUT2D eigenvalue weighted by atomic mass is 16.1. The highest BCUT2D eigenvalue weighted by molar-refractivity contribution is 5.76. The minimum Gasteiger partial charge on any atom is -0.348 e. The van der Waals surface area contributed by atoms with Gasteiger partial charge in [0.2, 0.25) is 5.91 Å². The van der Waals surface area contributed by atoms with Crippen LogP contribution in [-0.4, -0.2) is 25.7 Å². The van der Waals surface area contributed by atoms with E-state index in [4.69, 9.17) is 0 Å². The summed E-state index contributed by atoms with van der Waals surface area (Å²) in [6.45, 7) is 4.06. The average molecular weight is 287 g/mol. The Morgan fingerprint density at radius 2 is 2.29 bits per heavy atom. The van der Waals surface area contributed by atoms with Crippen LogP contribution in [0.3, 0.4) is 0 Å². The Morgan fingerprint density at radius 3 is 2.90 bits per heavy atom. The Morgan fingerprint density at radius 1 is 1.48 bits per heavy atom. The van der Waals surface area contributed by atoms with E-state index in [9.17, 15) is 4.79 Å². The summed E-state index contributed by atoms with van der Waals surface area (Å²) in [7, 11) is 1.87. The number of carbonyl (C=O) groups excluding carboxylic acids is 1. The van der Waals surface area contributed by atoms with Gasteiger partial charge in [-0.15, -0.1) is 10.2 Å².